The molecule has 0 spiro atoms. The Labute approximate surface area is 193 Å². The monoisotopic (exact) mass is 449 g/mol. The molecule has 0 bridgehead atoms. The maximum atomic E-state index is 12.6. The van der Waals surface area contributed by atoms with Crippen molar-refractivity contribution in [2.75, 3.05) is 6.61 Å². The lowest BCUT2D eigenvalue weighted by Crippen LogP contribution is -2.42. The van der Waals surface area contributed by atoms with Gasteiger partial charge in [-0.2, -0.15) is 5.26 Å². The van der Waals surface area contributed by atoms with Crippen LogP contribution in [0.5, 0.6) is 0 Å². The summed E-state index contributed by atoms with van der Waals surface area (Å²) in [5.41, 5.74) is 4.02. The average molecular weight is 450 g/mol. The van der Waals surface area contributed by atoms with Crippen LogP contribution < -0.4 is 11.1 Å². The summed E-state index contributed by atoms with van der Waals surface area (Å²) in [6.45, 7) is 4.62. The van der Waals surface area contributed by atoms with E-state index in [0.29, 0.717) is 30.5 Å². The van der Waals surface area contributed by atoms with Crippen molar-refractivity contribution in [3.05, 3.63) is 58.6 Å². The zero-order valence-corrected chi connectivity index (χ0v) is 19.2. The fourth-order valence-electron chi connectivity index (χ4n) is 3.73. The summed E-state index contributed by atoms with van der Waals surface area (Å²) in [6.07, 6.45) is 4.80. The van der Waals surface area contributed by atoms with E-state index < -0.39 is 17.9 Å². The van der Waals surface area contributed by atoms with Crippen molar-refractivity contribution in [2.24, 2.45) is 0 Å². The first kappa shape index (κ1) is 24.3. The van der Waals surface area contributed by atoms with Crippen LogP contribution in [0.25, 0.3) is 22.2 Å². The van der Waals surface area contributed by atoms with Crippen LogP contribution in [0.2, 0.25) is 0 Å². The number of benzene rings is 2. The maximum Gasteiger partial charge on any atom is 0.417 e. The molecule has 7 heteroatoms. The molecule has 0 aliphatic rings. The molecule has 3 rings (SSSR count). The highest BCUT2D eigenvalue weighted by atomic mass is 16.5. The van der Waals surface area contributed by atoms with Gasteiger partial charge < -0.3 is 14.5 Å². The predicted octanol–water partition coefficient (Wildman–Crippen LogP) is 4.71. The minimum Gasteiger partial charge on any atom is -0.408 e. The van der Waals surface area contributed by atoms with E-state index in [2.05, 4.69) is 23.3 Å². The Morgan fingerprint density at radius 1 is 1.12 bits per heavy atom. The lowest BCUT2D eigenvalue weighted by Gasteiger charge is -2.18. The minimum absolute atomic E-state index is 0.237. The Hall–Kier alpha value is -3.37. The summed E-state index contributed by atoms with van der Waals surface area (Å²) in [6, 6.07) is 14.9. The molecule has 0 aliphatic carbocycles. The molecule has 2 N–H and O–H groups in total. The molecule has 3 aromatic rings. The summed E-state index contributed by atoms with van der Waals surface area (Å²) >= 11 is 0. The molecule has 0 saturated carbocycles. The van der Waals surface area contributed by atoms with Gasteiger partial charge in [0, 0.05) is 13.0 Å². The van der Waals surface area contributed by atoms with E-state index in [9.17, 15) is 14.9 Å². The molecule has 2 aromatic carbocycles. The van der Waals surface area contributed by atoms with Gasteiger partial charge in [-0.3, -0.25) is 9.78 Å². The number of aromatic amines is 1. The Kier molecular flexibility index (Phi) is 8.85. The molecule has 1 heterocycles. The van der Waals surface area contributed by atoms with E-state index in [1.165, 1.54) is 6.42 Å². The van der Waals surface area contributed by atoms with E-state index >= 15 is 0 Å². The number of hydrogen-bond donors (Lipinski definition) is 2. The minimum atomic E-state index is -0.631. The van der Waals surface area contributed by atoms with E-state index in [1.54, 1.807) is 6.07 Å². The quantitative estimate of drug-likeness (QED) is 0.389. The molecule has 0 radical (unpaired) electrons. The van der Waals surface area contributed by atoms with Crippen LogP contribution in [0.15, 0.2) is 51.7 Å². The summed E-state index contributed by atoms with van der Waals surface area (Å²) in [5, 5.41) is 12.4. The van der Waals surface area contributed by atoms with Crippen molar-refractivity contribution >= 4 is 17.0 Å². The fourth-order valence-corrected chi connectivity index (χ4v) is 3.73. The molecule has 0 fully saturated rings. The van der Waals surface area contributed by atoms with Crippen LogP contribution in [0, 0.1) is 11.3 Å². The van der Waals surface area contributed by atoms with E-state index in [1.807, 2.05) is 43.3 Å². The number of nitrogens with zero attached hydrogens (tertiary/aromatic N) is 1. The van der Waals surface area contributed by atoms with Crippen molar-refractivity contribution < 1.29 is 13.9 Å². The van der Waals surface area contributed by atoms with Crippen LogP contribution in [-0.4, -0.2) is 29.6 Å². The number of carbonyl (C=O) groups is 1. The Balaban J connectivity index is 1.57. The third kappa shape index (κ3) is 6.80. The van der Waals surface area contributed by atoms with Gasteiger partial charge in [-0.05, 0) is 41.7 Å². The van der Waals surface area contributed by atoms with Crippen molar-refractivity contribution in [1.29, 1.82) is 5.26 Å². The van der Waals surface area contributed by atoms with Gasteiger partial charge in [0.1, 0.15) is 12.1 Å². The lowest BCUT2D eigenvalue weighted by molar-refractivity contribution is -0.133. The highest BCUT2D eigenvalue weighted by molar-refractivity contribution is 5.81. The molecular formula is C26H31N3O4. The SMILES string of the molecule is CCCCCCOC(CC)C(=O)NC(C#N)Cc1ccc(-c2ccc3oc(=O)[nH]c3c2)cc1. The number of oxazole rings is 1. The molecule has 1 aromatic heterocycles. The first-order chi connectivity index (χ1) is 16.0. The number of nitrogens with one attached hydrogen (secondary N) is 2. The molecule has 2 unspecified atom stereocenters. The standard InChI is InChI=1S/C26H31N3O4/c1-3-5-6-7-14-32-23(4-2)25(30)28-21(17-27)15-18-8-10-19(11-9-18)20-12-13-24-22(16-20)29-26(31)33-24/h8-13,16,21,23H,3-7,14-15H2,1-2H3,(H,28,30)(H,29,31). The zero-order chi connectivity index (χ0) is 23.6. The van der Waals surface area contributed by atoms with Crippen molar-refractivity contribution in [2.45, 2.75) is 64.5 Å². The molecular weight excluding hydrogens is 418 g/mol. The normalized spacial score (nSPS) is 12.9. The molecule has 7 nitrogen and oxygen atoms in total. The maximum absolute atomic E-state index is 12.6. The molecule has 2 atom stereocenters. The largest absolute Gasteiger partial charge is 0.417 e. The Morgan fingerprint density at radius 3 is 2.58 bits per heavy atom. The number of amides is 1. The van der Waals surface area contributed by atoms with Gasteiger partial charge in [0.15, 0.2) is 5.58 Å². The molecule has 174 valence electrons. The average Bonchev–Trinajstić information content (AvgIpc) is 3.20. The number of rotatable bonds is 12. The number of unbranched alkanes of at least 4 members (excludes halogenated alkanes) is 3. The number of hydrogen-bond acceptors (Lipinski definition) is 5. The Morgan fingerprint density at radius 2 is 1.88 bits per heavy atom. The highest BCUT2D eigenvalue weighted by Crippen LogP contribution is 2.23. The van der Waals surface area contributed by atoms with E-state index in [-0.39, 0.29) is 5.91 Å². The van der Waals surface area contributed by atoms with Gasteiger partial charge in [-0.15, -0.1) is 0 Å². The van der Waals surface area contributed by atoms with Gasteiger partial charge in [0.05, 0.1) is 11.6 Å². The van der Waals surface area contributed by atoms with Crippen molar-refractivity contribution in [3.8, 4) is 17.2 Å². The van der Waals surface area contributed by atoms with E-state index in [4.69, 9.17) is 9.15 Å². The molecule has 1 amide bonds. The number of nitriles is 1. The summed E-state index contributed by atoms with van der Waals surface area (Å²) in [7, 11) is 0. The smallest absolute Gasteiger partial charge is 0.408 e. The van der Waals surface area contributed by atoms with Crippen molar-refractivity contribution in [1.82, 2.24) is 10.3 Å². The summed E-state index contributed by atoms with van der Waals surface area (Å²) in [4.78, 5) is 26.6. The second kappa shape index (κ2) is 12.0. The van der Waals surface area contributed by atoms with Crippen LogP contribution in [-0.2, 0) is 16.0 Å². The Bertz CT molecular complexity index is 1140. The van der Waals surface area contributed by atoms with Crippen LogP contribution in [0.3, 0.4) is 0 Å². The third-order valence-electron chi connectivity index (χ3n) is 5.60. The number of ether oxygens (including phenoxy) is 1. The third-order valence-corrected chi connectivity index (χ3v) is 5.60. The lowest BCUT2D eigenvalue weighted by atomic mass is 10.0. The van der Waals surface area contributed by atoms with Crippen molar-refractivity contribution in [3.63, 3.8) is 0 Å². The second-order valence-electron chi connectivity index (χ2n) is 8.15. The van der Waals surface area contributed by atoms with Crippen LogP contribution in [0.4, 0.5) is 0 Å². The zero-order valence-electron chi connectivity index (χ0n) is 19.2. The van der Waals surface area contributed by atoms with E-state index in [0.717, 1.165) is 36.0 Å². The molecule has 0 saturated heterocycles. The van der Waals surface area contributed by atoms with Crippen LogP contribution >= 0.6 is 0 Å². The summed E-state index contributed by atoms with van der Waals surface area (Å²) in [5.74, 6) is -0.715. The fraction of sp³-hybridized carbons (Fsp3) is 0.423. The number of H-pyrrole nitrogens is 1. The van der Waals surface area contributed by atoms with Gasteiger partial charge in [0.25, 0.3) is 0 Å². The number of carbonyl (C=O) groups excluding carboxylic acids is 1. The summed E-state index contributed by atoms with van der Waals surface area (Å²) < 4.78 is 10.8. The second-order valence-corrected chi connectivity index (χ2v) is 8.15. The molecule has 0 aliphatic heterocycles. The van der Waals surface area contributed by atoms with Gasteiger partial charge >= 0.3 is 5.76 Å². The molecule has 33 heavy (non-hydrogen) atoms. The van der Waals surface area contributed by atoms with Gasteiger partial charge in [0.2, 0.25) is 5.91 Å². The first-order valence-corrected chi connectivity index (χ1v) is 11.6. The van der Waals surface area contributed by atoms with Gasteiger partial charge in [-0.1, -0.05) is 63.4 Å². The highest BCUT2D eigenvalue weighted by Gasteiger charge is 2.20. The number of aromatic nitrogens is 1. The van der Waals surface area contributed by atoms with Gasteiger partial charge in [-0.25, -0.2) is 4.79 Å². The predicted molar refractivity (Wildman–Crippen MR) is 128 cm³/mol. The first-order valence-electron chi connectivity index (χ1n) is 11.6. The van der Waals surface area contributed by atoms with Crippen LogP contribution in [0.1, 0.15) is 51.5 Å². The topological polar surface area (TPSA) is 108 Å². The number of fused-ring (bicyclic) bond motifs is 1.